The molecule has 0 aliphatic carbocycles. The van der Waals surface area contributed by atoms with Crippen LogP contribution in [0.15, 0.2) is 36.8 Å². The van der Waals surface area contributed by atoms with Crippen molar-refractivity contribution >= 4 is 0 Å². The van der Waals surface area contributed by atoms with E-state index < -0.39 is 0 Å². The van der Waals surface area contributed by atoms with E-state index in [0.717, 1.165) is 38.3 Å². The lowest BCUT2D eigenvalue weighted by molar-refractivity contribution is 0.142. The van der Waals surface area contributed by atoms with Gasteiger partial charge in [-0.2, -0.15) is 0 Å². The number of benzene rings is 1. The molecule has 1 aliphatic heterocycles. The third kappa shape index (κ3) is 3.62. The molecule has 1 unspecified atom stereocenters. The van der Waals surface area contributed by atoms with Crippen LogP contribution in [0.5, 0.6) is 0 Å². The fourth-order valence-corrected chi connectivity index (χ4v) is 3.38. The zero-order chi connectivity index (χ0) is 16.2. The summed E-state index contributed by atoms with van der Waals surface area (Å²) in [7, 11) is 0. The Morgan fingerprint density at radius 2 is 2.04 bits per heavy atom. The first-order valence-electron chi connectivity index (χ1n) is 8.40. The van der Waals surface area contributed by atoms with Crippen molar-refractivity contribution in [2.45, 2.75) is 33.0 Å². The molecular weight excluding hydrogens is 291 g/mol. The molecule has 0 N–H and O–H groups in total. The highest BCUT2D eigenvalue weighted by molar-refractivity contribution is 5.17. The second kappa shape index (κ2) is 7.23. The highest BCUT2D eigenvalue weighted by Gasteiger charge is 2.26. The van der Waals surface area contributed by atoms with Crippen molar-refractivity contribution in [2.75, 3.05) is 26.2 Å². The summed E-state index contributed by atoms with van der Waals surface area (Å²) in [6.45, 7) is 9.87. The number of imidazole rings is 1. The van der Waals surface area contributed by atoms with E-state index in [1.807, 2.05) is 24.7 Å². The molecule has 2 aromatic rings. The fraction of sp³-hybridized carbons (Fsp3) is 0.500. The molecule has 124 valence electrons. The minimum Gasteiger partial charge on any atom is -0.328 e. The molecule has 1 aromatic carbocycles. The Bertz CT molecular complexity index is 635. The number of fused-ring (bicyclic) bond motifs is 1. The van der Waals surface area contributed by atoms with Gasteiger partial charge in [-0.15, -0.1) is 0 Å². The Labute approximate surface area is 137 Å². The third-order valence-electron chi connectivity index (χ3n) is 4.71. The molecular formula is C18H25FN4. The summed E-state index contributed by atoms with van der Waals surface area (Å²) in [6.07, 6.45) is 3.87. The lowest BCUT2D eigenvalue weighted by Crippen LogP contribution is -2.42. The summed E-state index contributed by atoms with van der Waals surface area (Å²) in [5.41, 5.74) is 1.98. The molecule has 0 spiro atoms. The van der Waals surface area contributed by atoms with Gasteiger partial charge >= 0.3 is 0 Å². The second-order valence-corrected chi connectivity index (χ2v) is 6.19. The van der Waals surface area contributed by atoms with Crippen LogP contribution in [-0.2, 0) is 13.1 Å². The van der Waals surface area contributed by atoms with Gasteiger partial charge in [0.1, 0.15) is 5.82 Å². The SMILES string of the molecule is CCN(CC)CC1CN(Cc2ccccc2F)Cc2cncn21. The Balaban J connectivity index is 1.76. The molecule has 1 aliphatic rings. The maximum absolute atomic E-state index is 13.9. The Hall–Kier alpha value is -1.72. The van der Waals surface area contributed by atoms with Crippen molar-refractivity contribution < 1.29 is 4.39 Å². The van der Waals surface area contributed by atoms with E-state index in [1.54, 1.807) is 6.07 Å². The van der Waals surface area contributed by atoms with Gasteiger partial charge in [0.15, 0.2) is 0 Å². The van der Waals surface area contributed by atoms with Crippen LogP contribution in [0.1, 0.15) is 31.1 Å². The van der Waals surface area contributed by atoms with Crippen LogP contribution in [0, 0.1) is 5.82 Å². The third-order valence-corrected chi connectivity index (χ3v) is 4.71. The van der Waals surface area contributed by atoms with E-state index in [1.165, 1.54) is 11.8 Å². The van der Waals surface area contributed by atoms with Crippen LogP contribution >= 0.6 is 0 Å². The van der Waals surface area contributed by atoms with E-state index in [0.29, 0.717) is 12.6 Å². The molecule has 0 fully saturated rings. The van der Waals surface area contributed by atoms with Gasteiger partial charge < -0.3 is 9.47 Å². The van der Waals surface area contributed by atoms with Crippen molar-refractivity contribution in [3.05, 3.63) is 53.9 Å². The predicted octanol–water partition coefficient (Wildman–Crippen LogP) is 2.92. The van der Waals surface area contributed by atoms with E-state index in [2.05, 4.69) is 33.2 Å². The lowest BCUT2D eigenvalue weighted by Gasteiger charge is -2.36. The fourth-order valence-electron chi connectivity index (χ4n) is 3.38. The molecule has 0 bridgehead atoms. The molecule has 23 heavy (non-hydrogen) atoms. The van der Waals surface area contributed by atoms with Gasteiger partial charge in [0, 0.05) is 37.9 Å². The number of hydrogen-bond donors (Lipinski definition) is 0. The smallest absolute Gasteiger partial charge is 0.127 e. The van der Waals surface area contributed by atoms with E-state index in [4.69, 9.17) is 0 Å². The maximum atomic E-state index is 13.9. The first-order chi connectivity index (χ1) is 11.2. The zero-order valence-corrected chi connectivity index (χ0v) is 14.0. The average molecular weight is 316 g/mol. The minimum atomic E-state index is -0.119. The van der Waals surface area contributed by atoms with E-state index >= 15 is 0 Å². The minimum absolute atomic E-state index is 0.119. The van der Waals surface area contributed by atoms with Crippen LogP contribution in [0.2, 0.25) is 0 Å². The standard InChI is InChI=1S/C18H25FN4/c1-3-21(4-2)12-17-13-22(11-16-9-20-14-23(16)17)10-15-7-5-6-8-18(15)19/h5-9,14,17H,3-4,10-13H2,1-2H3. The highest BCUT2D eigenvalue weighted by Crippen LogP contribution is 2.24. The van der Waals surface area contributed by atoms with E-state index in [9.17, 15) is 4.39 Å². The topological polar surface area (TPSA) is 24.3 Å². The molecule has 2 heterocycles. The number of hydrogen-bond acceptors (Lipinski definition) is 3. The number of halogens is 1. The van der Waals surface area contributed by atoms with Gasteiger partial charge in [0.05, 0.1) is 18.1 Å². The summed E-state index contributed by atoms with van der Waals surface area (Å²) in [4.78, 5) is 9.07. The van der Waals surface area contributed by atoms with Crippen molar-refractivity contribution in [1.29, 1.82) is 0 Å². The van der Waals surface area contributed by atoms with Crippen molar-refractivity contribution in [1.82, 2.24) is 19.4 Å². The molecule has 5 heteroatoms. The monoisotopic (exact) mass is 316 g/mol. The van der Waals surface area contributed by atoms with E-state index in [-0.39, 0.29) is 5.82 Å². The first kappa shape index (κ1) is 16.1. The Morgan fingerprint density at radius 1 is 1.26 bits per heavy atom. The molecule has 3 rings (SSSR count). The summed E-state index contributed by atoms with van der Waals surface area (Å²) < 4.78 is 16.2. The quantitative estimate of drug-likeness (QED) is 0.819. The van der Waals surface area contributed by atoms with Crippen LogP contribution in [-0.4, -0.2) is 45.5 Å². The number of likely N-dealkylation sites (N-methyl/N-ethyl adjacent to an activating group) is 1. The molecule has 1 atom stereocenters. The molecule has 0 saturated heterocycles. The van der Waals surface area contributed by atoms with Gasteiger partial charge in [0.2, 0.25) is 0 Å². The normalized spacial score (nSPS) is 18.3. The van der Waals surface area contributed by atoms with Crippen LogP contribution in [0.25, 0.3) is 0 Å². The van der Waals surface area contributed by atoms with Crippen LogP contribution in [0.4, 0.5) is 4.39 Å². The second-order valence-electron chi connectivity index (χ2n) is 6.19. The zero-order valence-electron chi connectivity index (χ0n) is 14.0. The van der Waals surface area contributed by atoms with Gasteiger partial charge in [-0.05, 0) is 19.2 Å². The number of nitrogens with zero attached hydrogens (tertiary/aromatic N) is 4. The largest absolute Gasteiger partial charge is 0.328 e. The van der Waals surface area contributed by atoms with Crippen LogP contribution in [0.3, 0.4) is 0 Å². The van der Waals surface area contributed by atoms with Gasteiger partial charge in [0.25, 0.3) is 0 Å². The molecule has 0 saturated carbocycles. The maximum Gasteiger partial charge on any atom is 0.127 e. The number of aromatic nitrogens is 2. The van der Waals surface area contributed by atoms with Crippen LogP contribution < -0.4 is 0 Å². The van der Waals surface area contributed by atoms with Gasteiger partial charge in [-0.1, -0.05) is 32.0 Å². The lowest BCUT2D eigenvalue weighted by atomic mass is 10.1. The van der Waals surface area contributed by atoms with Gasteiger partial charge in [-0.25, -0.2) is 9.37 Å². The first-order valence-corrected chi connectivity index (χ1v) is 8.40. The molecule has 1 aromatic heterocycles. The number of rotatable bonds is 6. The Morgan fingerprint density at radius 3 is 2.78 bits per heavy atom. The van der Waals surface area contributed by atoms with Crippen molar-refractivity contribution in [2.24, 2.45) is 0 Å². The summed E-state index contributed by atoms with van der Waals surface area (Å²) in [6, 6.07) is 7.43. The van der Waals surface area contributed by atoms with Crippen molar-refractivity contribution in [3.8, 4) is 0 Å². The molecule has 0 radical (unpaired) electrons. The predicted molar refractivity (Wildman–Crippen MR) is 89.6 cm³/mol. The molecule has 4 nitrogen and oxygen atoms in total. The summed E-state index contributed by atoms with van der Waals surface area (Å²) in [5.74, 6) is -0.119. The van der Waals surface area contributed by atoms with Gasteiger partial charge in [-0.3, -0.25) is 4.90 Å². The average Bonchev–Trinajstić information content (AvgIpc) is 3.03. The highest BCUT2D eigenvalue weighted by atomic mass is 19.1. The Kier molecular flexibility index (Phi) is 5.08. The van der Waals surface area contributed by atoms with Crippen molar-refractivity contribution in [3.63, 3.8) is 0 Å². The summed E-state index contributed by atoms with van der Waals surface area (Å²) in [5, 5.41) is 0. The summed E-state index contributed by atoms with van der Waals surface area (Å²) >= 11 is 0. The molecule has 0 amide bonds.